The molecule has 218 valence electrons. The number of hydrogen-bond donors (Lipinski definition) is 3. The molecule has 11 heteroatoms. The predicted molar refractivity (Wildman–Crippen MR) is 161 cm³/mol. The average molecular weight is 639 g/mol. The van der Waals surface area contributed by atoms with Crippen molar-refractivity contribution in [3.05, 3.63) is 45.6 Å². The van der Waals surface area contributed by atoms with Crippen LogP contribution in [-0.2, 0) is 11.3 Å². The van der Waals surface area contributed by atoms with Gasteiger partial charge in [0.25, 0.3) is 12.3 Å². The van der Waals surface area contributed by atoms with Crippen LogP contribution in [0.5, 0.6) is 0 Å². The number of imidazole rings is 1. The average Bonchev–Trinajstić information content (AvgIpc) is 3.52. The third-order valence-electron chi connectivity index (χ3n) is 7.70. The minimum atomic E-state index is -2.62. The smallest absolute Gasteiger partial charge is 0.272 e. The van der Waals surface area contributed by atoms with Gasteiger partial charge in [0.05, 0.1) is 20.8 Å². The van der Waals surface area contributed by atoms with E-state index in [9.17, 15) is 18.4 Å². The van der Waals surface area contributed by atoms with Crippen molar-refractivity contribution in [1.82, 2.24) is 20.2 Å². The maximum absolute atomic E-state index is 13.1. The van der Waals surface area contributed by atoms with E-state index in [0.717, 1.165) is 53.6 Å². The highest BCUT2D eigenvalue weighted by Gasteiger charge is 2.28. The molecular formula is C29H38BrF2N5O2S. The van der Waals surface area contributed by atoms with Gasteiger partial charge in [0.2, 0.25) is 11.9 Å². The van der Waals surface area contributed by atoms with E-state index in [4.69, 9.17) is 4.98 Å². The van der Waals surface area contributed by atoms with Crippen molar-refractivity contribution in [2.45, 2.75) is 90.9 Å². The number of carbonyl (C=O) groups is 2. The summed E-state index contributed by atoms with van der Waals surface area (Å²) >= 11 is 4.10. The Hall–Kier alpha value is -2.37. The second-order valence-electron chi connectivity index (χ2n) is 11.6. The van der Waals surface area contributed by atoms with Crippen molar-refractivity contribution in [2.75, 3.05) is 10.6 Å². The van der Waals surface area contributed by atoms with Crippen molar-refractivity contribution < 1.29 is 18.4 Å². The van der Waals surface area contributed by atoms with Crippen LogP contribution >= 0.6 is 27.3 Å². The van der Waals surface area contributed by atoms with Crippen LogP contribution in [0, 0.1) is 5.41 Å². The molecule has 7 nitrogen and oxygen atoms in total. The third-order valence-corrected chi connectivity index (χ3v) is 9.19. The zero-order valence-electron chi connectivity index (χ0n) is 23.4. The summed E-state index contributed by atoms with van der Waals surface area (Å²) in [7, 11) is 0. The quantitative estimate of drug-likeness (QED) is 0.205. The normalized spacial score (nSPS) is 18.7. The van der Waals surface area contributed by atoms with Crippen molar-refractivity contribution in [3.63, 3.8) is 0 Å². The lowest BCUT2D eigenvalue weighted by molar-refractivity contribution is -0.121. The Kier molecular flexibility index (Phi) is 10.00. The number of nitrogens with one attached hydrogen (secondary N) is 3. The van der Waals surface area contributed by atoms with Crippen LogP contribution < -0.4 is 16.0 Å². The number of halogens is 3. The van der Waals surface area contributed by atoms with Crippen molar-refractivity contribution in [2.24, 2.45) is 5.41 Å². The Labute approximate surface area is 246 Å². The van der Waals surface area contributed by atoms with E-state index in [0.29, 0.717) is 30.3 Å². The van der Waals surface area contributed by atoms with Gasteiger partial charge in [-0.2, -0.15) is 0 Å². The van der Waals surface area contributed by atoms with Gasteiger partial charge in [-0.1, -0.05) is 42.8 Å². The molecule has 0 aliphatic heterocycles. The number of nitrogens with zero attached hydrogens (tertiary/aromatic N) is 2. The van der Waals surface area contributed by atoms with Crippen LogP contribution in [0.3, 0.4) is 0 Å². The number of aromatic nitrogens is 2. The van der Waals surface area contributed by atoms with Crippen molar-refractivity contribution >= 4 is 56.1 Å². The summed E-state index contributed by atoms with van der Waals surface area (Å²) in [6.07, 6.45) is 1.10. The second-order valence-corrected chi connectivity index (χ2v) is 13.5. The molecule has 1 aliphatic carbocycles. The lowest BCUT2D eigenvalue weighted by Gasteiger charge is -2.31. The van der Waals surface area contributed by atoms with Crippen LogP contribution in [0.15, 0.2) is 30.3 Å². The lowest BCUT2D eigenvalue weighted by atomic mass is 9.88. The number of carbonyl (C=O) groups excluding carboxylic acids is 2. The zero-order chi connectivity index (χ0) is 29.0. The number of rotatable bonds is 10. The Morgan fingerprint density at radius 1 is 1.15 bits per heavy atom. The van der Waals surface area contributed by atoms with Crippen LogP contribution in [0.2, 0.25) is 0 Å². The van der Waals surface area contributed by atoms with Gasteiger partial charge in [-0.15, -0.1) is 11.3 Å². The summed E-state index contributed by atoms with van der Waals surface area (Å²) in [4.78, 5) is 30.0. The van der Waals surface area contributed by atoms with E-state index in [1.165, 1.54) is 12.1 Å². The first-order valence-corrected chi connectivity index (χ1v) is 15.7. The van der Waals surface area contributed by atoms with E-state index in [2.05, 4.69) is 70.2 Å². The highest BCUT2D eigenvalue weighted by Crippen LogP contribution is 2.35. The van der Waals surface area contributed by atoms with Gasteiger partial charge in [0.15, 0.2) is 0 Å². The zero-order valence-corrected chi connectivity index (χ0v) is 25.8. The lowest BCUT2D eigenvalue weighted by Crippen LogP contribution is -2.38. The van der Waals surface area contributed by atoms with E-state index in [1.54, 1.807) is 0 Å². The number of amides is 2. The molecule has 1 aliphatic rings. The molecule has 4 rings (SSSR count). The molecule has 40 heavy (non-hydrogen) atoms. The van der Waals surface area contributed by atoms with E-state index in [1.807, 2.05) is 12.1 Å². The predicted octanol–water partition coefficient (Wildman–Crippen LogP) is 7.20. The molecule has 3 aromatic rings. The van der Waals surface area contributed by atoms with Gasteiger partial charge in [0.1, 0.15) is 0 Å². The molecular weight excluding hydrogens is 600 g/mol. The Bertz CT molecular complexity index is 1330. The van der Waals surface area contributed by atoms with Gasteiger partial charge >= 0.3 is 0 Å². The fourth-order valence-corrected chi connectivity index (χ4v) is 6.03. The molecule has 0 saturated heterocycles. The minimum absolute atomic E-state index is 0.0439. The maximum Gasteiger partial charge on any atom is 0.272 e. The van der Waals surface area contributed by atoms with Crippen molar-refractivity contribution in [3.8, 4) is 0 Å². The first kappa shape index (κ1) is 30.6. The van der Waals surface area contributed by atoms with Crippen LogP contribution in [0.25, 0.3) is 11.0 Å². The number of alkyl halides is 3. The third kappa shape index (κ3) is 7.47. The van der Waals surface area contributed by atoms with Gasteiger partial charge in [0, 0.05) is 36.4 Å². The number of thiophene rings is 1. The van der Waals surface area contributed by atoms with E-state index < -0.39 is 12.3 Å². The molecule has 2 aromatic heterocycles. The summed E-state index contributed by atoms with van der Waals surface area (Å²) in [6.45, 7) is 9.45. The van der Waals surface area contributed by atoms with Crippen molar-refractivity contribution in [1.29, 1.82) is 0 Å². The SMILES string of the molecule is C[C@H](NCc1ccc2c(c1)nc(NC(=O)c1ccc(C(F)F)s1)n2C1CCC(NC(=O)CCBr)CC1)C(C)(C)C. The molecule has 3 N–H and O–H groups in total. The van der Waals surface area contributed by atoms with Gasteiger partial charge < -0.3 is 15.2 Å². The van der Waals surface area contributed by atoms with E-state index >= 15 is 0 Å². The van der Waals surface area contributed by atoms with Gasteiger partial charge in [-0.25, -0.2) is 13.8 Å². The maximum atomic E-state index is 13.1. The summed E-state index contributed by atoms with van der Waals surface area (Å²) < 4.78 is 28.3. The second kappa shape index (κ2) is 13.1. The molecule has 1 aromatic carbocycles. The Morgan fingerprint density at radius 2 is 1.88 bits per heavy atom. The molecule has 1 atom stereocenters. The monoisotopic (exact) mass is 637 g/mol. The Balaban J connectivity index is 1.58. The molecule has 0 unspecified atom stereocenters. The highest BCUT2D eigenvalue weighted by atomic mass is 79.9. The minimum Gasteiger partial charge on any atom is -0.353 e. The fourth-order valence-electron chi connectivity index (χ4n) is 4.91. The Morgan fingerprint density at radius 3 is 2.50 bits per heavy atom. The number of hydrogen-bond acceptors (Lipinski definition) is 5. The first-order chi connectivity index (χ1) is 19.0. The van der Waals surface area contributed by atoms with Gasteiger partial charge in [-0.3, -0.25) is 14.9 Å². The largest absolute Gasteiger partial charge is 0.353 e. The van der Waals surface area contributed by atoms with Crippen LogP contribution in [0.1, 0.15) is 92.4 Å². The molecule has 1 fully saturated rings. The standard InChI is InChI=1S/C29H38BrF2N5O2S/c1-17(29(2,3)4)33-16-18-5-10-22-21(15-18)35-28(36-27(39)24-12-11-23(40-24)26(31)32)37(22)20-8-6-19(7-9-20)34-25(38)13-14-30/h5,10-12,15,17,19-20,26,33H,6-9,13-14,16H2,1-4H3,(H,34,38)(H,35,36,39)/t17-,19?,20?/m0/s1. The number of benzene rings is 1. The molecule has 1 saturated carbocycles. The summed E-state index contributed by atoms with van der Waals surface area (Å²) in [6, 6.07) is 9.38. The van der Waals surface area contributed by atoms with Gasteiger partial charge in [-0.05, 0) is 67.9 Å². The van der Waals surface area contributed by atoms with Crippen LogP contribution in [-0.4, -0.2) is 38.8 Å². The topological polar surface area (TPSA) is 88.1 Å². The van der Waals surface area contributed by atoms with Crippen LogP contribution in [0.4, 0.5) is 14.7 Å². The molecule has 0 spiro atoms. The number of anilines is 1. The molecule has 0 bridgehead atoms. The summed E-state index contributed by atoms with van der Waals surface area (Å²) in [5, 5.41) is 10.2. The fraction of sp³-hybridized carbons (Fsp3) is 0.552. The van der Waals surface area contributed by atoms with E-state index in [-0.39, 0.29) is 33.2 Å². The highest BCUT2D eigenvalue weighted by molar-refractivity contribution is 9.09. The molecule has 2 heterocycles. The molecule has 0 radical (unpaired) electrons. The molecule has 2 amide bonds. The first-order valence-electron chi connectivity index (χ1n) is 13.7. The number of fused-ring (bicyclic) bond motifs is 1. The summed E-state index contributed by atoms with van der Waals surface area (Å²) in [5.74, 6) is -0.000555. The summed E-state index contributed by atoms with van der Waals surface area (Å²) in [5.41, 5.74) is 2.89.